The molecule has 8 N–H and O–H groups in total. The molecule has 0 aliphatic carbocycles. The molecule has 0 aliphatic heterocycles. The summed E-state index contributed by atoms with van der Waals surface area (Å²) >= 11 is 0. The van der Waals surface area contributed by atoms with Crippen molar-refractivity contribution < 1.29 is 19.9 Å². The first-order valence-corrected chi connectivity index (χ1v) is 0.200. The van der Waals surface area contributed by atoms with Crippen molar-refractivity contribution >= 4 is 12.4 Å². The van der Waals surface area contributed by atoms with Gasteiger partial charge in [0.15, 0.2) is 0 Å². The molecule has 0 bridgehead atoms. The summed E-state index contributed by atoms with van der Waals surface area (Å²) in [5.41, 5.74) is 0. The van der Waals surface area contributed by atoms with E-state index in [1.165, 1.54) is 0 Å². The predicted octanol–water partition coefficient (Wildman–Crippen LogP) is 1.07. The van der Waals surface area contributed by atoms with Gasteiger partial charge in [-0.2, -0.15) is 0 Å². The Morgan fingerprint density at radius 1 is 0.714 bits per heavy atom. The van der Waals surface area contributed by atoms with Crippen molar-refractivity contribution in [2.24, 2.45) is 0 Å². The van der Waals surface area contributed by atoms with Gasteiger partial charge in [-0.1, -0.05) is 0 Å². The lowest BCUT2D eigenvalue weighted by atomic mass is 14.0. The van der Waals surface area contributed by atoms with Crippen molar-refractivity contribution in [3.8, 4) is 0 Å². The topological polar surface area (TPSA) is 110 Å². The molecule has 0 heterocycles. The van der Waals surface area contributed by atoms with Crippen LogP contribution in [0.4, 0.5) is 9.41 Å². The minimum absolute atomic E-state index is 0. The zero-order valence-electron chi connectivity index (χ0n) is 3.53. The van der Waals surface area contributed by atoms with Crippen LogP contribution in [-0.4, -0.2) is 10.5 Å². The zero-order chi connectivity index (χ0) is 2.00. The van der Waals surface area contributed by atoms with Crippen LogP contribution in [0.1, 0.15) is 0 Å². The third kappa shape index (κ3) is 954000. The van der Waals surface area contributed by atoms with E-state index in [4.69, 9.17) is 10.5 Å². The lowest BCUT2D eigenvalue weighted by molar-refractivity contribution is -0.176. The highest BCUT2D eigenvalue weighted by Crippen LogP contribution is 0.711. The van der Waals surface area contributed by atoms with Gasteiger partial charge < -0.3 is 12.3 Å². The maximum absolute atomic E-state index is 6.00. The molecule has 7 heteroatoms. The summed E-state index contributed by atoms with van der Waals surface area (Å²) in [6.07, 6.45) is 0. The van der Waals surface area contributed by atoms with E-state index in [0.717, 1.165) is 0 Å². The molecule has 54 valence electrons. The van der Waals surface area contributed by atoms with Gasteiger partial charge in [0.05, 0.1) is 0 Å². The smallest absolute Gasteiger partial charge is 0.147 e. The second kappa shape index (κ2) is 1490000. The van der Waals surface area contributed by atoms with Crippen LogP contribution in [0.15, 0.2) is 0 Å². The Morgan fingerprint density at radius 3 is 0.714 bits per heavy atom. The second-order valence-electron chi connectivity index (χ2n) is 0. The molecule has 0 rings (SSSR count). The number of halogens is 3. The third-order valence-electron chi connectivity index (χ3n) is 0. The van der Waals surface area contributed by atoms with Crippen LogP contribution >= 0.6 is 12.4 Å². The quantitative estimate of drug-likeness (QED) is 0.301. The summed E-state index contributed by atoms with van der Waals surface area (Å²) in [4.78, 5) is 0. The molecule has 0 fully saturated rings. The maximum Gasteiger partial charge on any atom is -0.147 e. The molecular weight excluding hydrogens is 133 g/mol. The number of hydrogen-bond donors (Lipinski definition) is 4. The van der Waals surface area contributed by atoms with Crippen LogP contribution in [0.5, 0.6) is 0 Å². The first kappa shape index (κ1) is 256. The minimum atomic E-state index is 0. The van der Waals surface area contributed by atoms with Crippen LogP contribution in [0.25, 0.3) is 0 Å². The minimum Gasteiger partial charge on any atom is -0.344 e. The molecule has 0 aromatic heterocycles. The lowest BCUT2D eigenvalue weighted by Gasteiger charge is -1.25. The Kier molecular flexibility index (Phi) is 54500000. The maximum atomic E-state index is 6.00. The number of hydrogen-bond acceptors (Lipinski definition) is 4. The molecule has 0 saturated carbocycles. The number of rotatable bonds is 0. The van der Waals surface area contributed by atoms with E-state index in [1.54, 1.807) is 0 Å². The lowest BCUT2D eigenvalue weighted by Crippen LogP contribution is -1.29. The van der Waals surface area contributed by atoms with Crippen molar-refractivity contribution in [3.05, 3.63) is 0 Å². The fraction of sp³-hybridized carbons (Fsp3) is 0. The molecule has 0 aromatic carbocycles. The van der Waals surface area contributed by atoms with Gasteiger partial charge in [-0.05, 0) is 0 Å². The Hall–Kier alpha value is -0.0100. The van der Waals surface area contributed by atoms with E-state index in [-0.39, 0.29) is 34.1 Å². The van der Waals surface area contributed by atoms with Crippen LogP contribution in [0, 0.1) is 0 Å². The summed E-state index contributed by atoms with van der Waals surface area (Å²) < 4.78 is 0. The molecule has 7 heavy (non-hydrogen) atoms. The summed E-state index contributed by atoms with van der Waals surface area (Å²) in [5.74, 6) is 0. The van der Waals surface area contributed by atoms with Crippen LogP contribution in [0.3, 0.4) is 0 Å². The Morgan fingerprint density at radius 2 is 0.714 bits per heavy atom. The largest absolute Gasteiger partial charge is 0.344 e. The summed E-state index contributed by atoms with van der Waals surface area (Å²) in [7, 11) is 0. The Labute approximate surface area is 45.8 Å². The molecule has 0 aliphatic rings. The first-order chi connectivity index (χ1) is 1.00. The molecule has 0 saturated heterocycles. The van der Waals surface area contributed by atoms with Crippen molar-refractivity contribution in [2.45, 2.75) is 0 Å². The van der Waals surface area contributed by atoms with E-state index >= 15 is 0 Å². The molecule has 0 spiro atoms. The Balaban J connectivity index is -0.000000000500. The van der Waals surface area contributed by atoms with Gasteiger partial charge in [-0.15, -0.1) is 12.4 Å². The zero-order valence-corrected chi connectivity index (χ0v) is 4.35. The molecule has 0 amide bonds. The van der Waals surface area contributed by atoms with E-state index in [9.17, 15) is 0 Å². The molecule has 0 radical (unpaired) electrons. The van der Waals surface area contributed by atoms with Gasteiger partial charge in [0.1, 0.15) is 0 Å². The highest BCUT2D eigenvalue weighted by molar-refractivity contribution is 5.85. The van der Waals surface area contributed by atoms with Crippen LogP contribution in [0.2, 0.25) is 0 Å². The highest BCUT2D eigenvalue weighted by Gasteiger charge is 0.745. The van der Waals surface area contributed by atoms with E-state index < -0.39 is 0 Å². The van der Waals surface area contributed by atoms with Gasteiger partial charge in [0.25, 0.3) is 0 Å². The molecular formula is H11ClF2N2O2. The molecule has 0 unspecified atom stereocenters. The van der Waals surface area contributed by atoms with Gasteiger partial charge in [-0.25, -0.2) is 0 Å². The first-order valence-electron chi connectivity index (χ1n) is 0.200. The second-order valence-corrected chi connectivity index (χ2v) is 0. The molecule has 0 atom stereocenters. The van der Waals surface area contributed by atoms with Crippen molar-refractivity contribution in [2.75, 3.05) is 0 Å². The fourth-order valence-electron chi connectivity index (χ4n) is 0. The summed E-state index contributed by atoms with van der Waals surface area (Å²) in [6.45, 7) is 0. The van der Waals surface area contributed by atoms with Gasteiger partial charge in [0, 0.05) is 0 Å². The van der Waals surface area contributed by atoms with Crippen molar-refractivity contribution in [3.63, 3.8) is 0 Å². The van der Waals surface area contributed by atoms with E-state index in [2.05, 4.69) is 0 Å². The SMILES string of the molecule is Cl.F.F.N.N.OO. The molecule has 0 aromatic rings. The molecule has 4 nitrogen and oxygen atoms in total. The average Bonchev–Trinajstić information content (AvgIpc) is 1.00. The van der Waals surface area contributed by atoms with Crippen LogP contribution in [-0.2, 0) is 0 Å². The van der Waals surface area contributed by atoms with Crippen molar-refractivity contribution in [1.29, 1.82) is 0 Å². The third-order valence-corrected chi connectivity index (χ3v) is 0. The normalized spacial score (nSPS) is 0.857. The monoisotopic (exact) mass is 144 g/mol. The van der Waals surface area contributed by atoms with Gasteiger partial charge >= 0.3 is 0 Å². The summed E-state index contributed by atoms with van der Waals surface area (Å²) in [5, 5.41) is 12.0. The highest BCUT2D eigenvalue weighted by atomic mass is 35.5. The van der Waals surface area contributed by atoms with Crippen LogP contribution < -0.4 is 12.3 Å². The Bertz CT molecular complexity index is 13.7. The van der Waals surface area contributed by atoms with E-state index in [0.29, 0.717) is 0 Å². The van der Waals surface area contributed by atoms with Gasteiger partial charge in [-0.3, -0.25) is 19.9 Å². The fourth-order valence-corrected chi connectivity index (χ4v) is 0. The van der Waals surface area contributed by atoms with E-state index in [1.807, 2.05) is 0 Å². The standard InChI is InChI=1S/ClH.2FH.2H3N.H2O2/c;;;;;1-2/h3*1H;2*1H3;1-2H. The van der Waals surface area contributed by atoms with Gasteiger partial charge in [0.2, 0.25) is 0 Å². The predicted molar refractivity (Wildman–Crippen MR) is 27.6 cm³/mol. The van der Waals surface area contributed by atoms with Crippen molar-refractivity contribution in [1.82, 2.24) is 12.3 Å². The average molecular weight is 145 g/mol. The summed E-state index contributed by atoms with van der Waals surface area (Å²) in [6, 6.07) is 0.